The third kappa shape index (κ3) is 3.27. The minimum Gasteiger partial charge on any atom is -0.439 e. The number of carbonyl (C=O) groups is 1. The average molecular weight is 308 g/mol. The molecule has 0 spiro atoms. The Hall–Kier alpha value is -3.00. The van der Waals surface area contributed by atoms with E-state index in [2.05, 4.69) is 4.98 Å². The van der Waals surface area contributed by atoms with Gasteiger partial charge in [-0.05, 0) is 36.2 Å². The van der Waals surface area contributed by atoms with E-state index in [9.17, 15) is 14.4 Å². The Morgan fingerprint density at radius 3 is 2.65 bits per heavy atom. The molecule has 4 nitrogen and oxygen atoms in total. The molecule has 5 heteroatoms. The summed E-state index contributed by atoms with van der Waals surface area (Å²) >= 11 is 0. The fourth-order valence-corrected chi connectivity index (χ4v) is 2.34. The topological polar surface area (TPSA) is 66.9 Å². The van der Waals surface area contributed by atoms with Gasteiger partial charge in [0, 0.05) is 6.42 Å². The normalized spacial score (nSPS) is 12.0. The van der Waals surface area contributed by atoms with Crippen molar-refractivity contribution in [1.29, 1.82) is 5.26 Å². The van der Waals surface area contributed by atoms with Gasteiger partial charge in [0.15, 0.2) is 17.3 Å². The molecule has 23 heavy (non-hydrogen) atoms. The monoisotopic (exact) mass is 308 g/mol. The van der Waals surface area contributed by atoms with Gasteiger partial charge < -0.3 is 4.42 Å². The highest BCUT2D eigenvalue weighted by Crippen LogP contribution is 2.23. The van der Waals surface area contributed by atoms with E-state index < -0.39 is 5.92 Å². The van der Waals surface area contributed by atoms with E-state index in [1.165, 1.54) is 12.1 Å². The largest absolute Gasteiger partial charge is 0.439 e. The SMILES string of the molecule is N#C[C@H](C(=O)CCc1ccc(F)cc1)c1nc2ccccc2o1. The van der Waals surface area contributed by atoms with Gasteiger partial charge in [-0.1, -0.05) is 24.3 Å². The zero-order valence-electron chi connectivity index (χ0n) is 12.2. The molecule has 114 valence electrons. The fourth-order valence-electron chi connectivity index (χ4n) is 2.34. The number of ketones is 1. The molecule has 3 rings (SSSR count). The zero-order valence-corrected chi connectivity index (χ0v) is 12.2. The summed E-state index contributed by atoms with van der Waals surface area (Å²) in [5.41, 5.74) is 2.01. The predicted octanol–water partition coefficient (Wildman–Crippen LogP) is 3.78. The summed E-state index contributed by atoms with van der Waals surface area (Å²) in [6.45, 7) is 0. The molecule has 0 amide bonds. The number of oxazole rings is 1. The second-order valence-corrected chi connectivity index (χ2v) is 5.17. The molecule has 1 atom stereocenters. The van der Waals surface area contributed by atoms with Crippen LogP contribution in [0.1, 0.15) is 23.8 Å². The van der Waals surface area contributed by atoms with E-state index in [1.54, 1.807) is 30.3 Å². The number of aromatic nitrogens is 1. The Balaban J connectivity index is 1.73. The lowest BCUT2D eigenvalue weighted by Crippen LogP contribution is -2.12. The van der Waals surface area contributed by atoms with E-state index in [0.29, 0.717) is 17.5 Å². The number of hydrogen-bond donors (Lipinski definition) is 0. The number of hydrogen-bond acceptors (Lipinski definition) is 4. The lowest BCUT2D eigenvalue weighted by molar-refractivity contribution is -0.119. The number of Topliss-reactive ketones (excluding diaryl/α,β-unsaturated/α-hetero) is 1. The highest BCUT2D eigenvalue weighted by atomic mass is 19.1. The molecule has 0 unspecified atom stereocenters. The van der Waals surface area contributed by atoms with Gasteiger partial charge in [-0.25, -0.2) is 9.37 Å². The molecule has 0 N–H and O–H groups in total. The molecule has 3 aromatic rings. The van der Waals surface area contributed by atoms with Crippen LogP contribution in [0.2, 0.25) is 0 Å². The lowest BCUT2D eigenvalue weighted by Gasteiger charge is -2.04. The summed E-state index contributed by atoms with van der Waals surface area (Å²) in [6.07, 6.45) is 0.611. The van der Waals surface area contributed by atoms with Crippen molar-refractivity contribution in [2.45, 2.75) is 18.8 Å². The van der Waals surface area contributed by atoms with Crippen LogP contribution in [0.4, 0.5) is 4.39 Å². The van der Waals surface area contributed by atoms with Crippen LogP contribution in [0.25, 0.3) is 11.1 Å². The summed E-state index contributed by atoms with van der Waals surface area (Å²) in [6, 6.07) is 15.0. The quantitative estimate of drug-likeness (QED) is 0.719. The molecule has 1 heterocycles. The van der Waals surface area contributed by atoms with Crippen molar-refractivity contribution in [3.63, 3.8) is 0 Å². The predicted molar refractivity (Wildman–Crippen MR) is 82.1 cm³/mol. The highest BCUT2D eigenvalue weighted by molar-refractivity contribution is 5.88. The van der Waals surface area contributed by atoms with Crippen LogP contribution < -0.4 is 0 Å². The summed E-state index contributed by atoms with van der Waals surface area (Å²) in [5.74, 6) is -1.48. The van der Waals surface area contributed by atoms with Crippen LogP contribution in [-0.2, 0) is 11.2 Å². The number of carbonyl (C=O) groups excluding carboxylic acids is 1. The van der Waals surface area contributed by atoms with Crippen molar-refractivity contribution >= 4 is 16.9 Å². The smallest absolute Gasteiger partial charge is 0.220 e. The second-order valence-electron chi connectivity index (χ2n) is 5.17. The van der Waals surface area contributed by atoms with Crippen molar-refractivity contribution in [1.82, 2.24) is 4.98 Å². The van der Waals surface area contributed by atoms with Crippen molar-refractivity contribution < 1.29 is 13.6 Å². The molecular formula is C18H13FN2O2. The Labute approximate surface area is 132 Å². The first kappa shape index (κ1) is 14.9. The van der Waals surface area contributed by atoms with Crippen LogP contribution in [0.15, 0.2) is 52.9 Å². The number of nitriles is 1. The summed E-state index contributed by atoms with van der Waals surface area (Å²) < 4.78 is 18.4. The van der Waals surface area contributed by atoms with E-state index >= 15 is 0 Å². The molecule has 0 aliphatic carbocycles. The Kier molecular flexibility index (Phi) is 4.15. The number of nitrogens with zero attached hydrogens (tertiary/aromatic N) is 2. The first-order valence-electron chi connectivity index (χ1n) is 7.19. The molecule has 0 aliphatic heterocycles. The molecular weight excluding hydrogens is 295 g/mol. The molecule has 0 saturated heterocycles. The maximum Gasteiger partial charge on any atom is 0.220 e. The van der Waals surface area contributed by atoms with Gasteiger partial charge >= 0.3 is 0 Å². The van der Waals surface area contributed by atoms with Crippen LogP contribution in [0, 0.1) is 17.1 Å². The number of halogens is 1. The van der Waals surface area contributed by atoms with E-state index in [0.717, 1.165) is 5.56 Å². The number of fused-ring (bicyclic) bond motifs is 1. The van der Waals surface area contributed by atoms with Gasteiger partial charge in [-0.3, -0.25) is 4.79 Å². The van der Waals surface area contributed by atoms with Gasteiger partial charge in [0.05, 0.1) is 6.07 Å². The summed E-state index contributed by atoms with van der Waals surface area (Å²) in [7, 11) is 0. The highest BCUT2D eigenvalue weighted by Gasteiger charge is 2.25. The van der Waals surface area contributed by atoms with Gasteiger partial charge in [-0.2, -0.15) is 5.26 Å². The average Bonchev–Trinajstić information content (AvgIpc) is 2.98. The third-order valence-electron chi connectivity index (χ3n) is 3.58. The Morgan fingerprint density at radius 2 is 1.96 bits per heavy atom. The molecule has 0 aliphatic rings. The van der Waals surface area contributed by atoms with Gasteiger partial charge in [0.1, 0.15) is 11.3 Å². The van der Waals surface area contributed by atoms with Crippen LogP contribution in [0.3, 0.4) is 0 Å². The third-order valence-corrected chi connectivity index (χ3v) is 3.58. The first-order valence-corrected chi connectivity index (χ1v) is 7.19. The molecule has 0 radical (unpaired) electrons. The summed E-state index contributed by atoms with van der Waals surface area (Å²) in [4.78, 5) is 16.5. The number of benzene rings is 2. The standard InChI is InChI=1S/C18H13FN2O2/c19-13-8-5-12(6-9-13)7-10-16(22)14(11-20)18-21-15-3-1-2-4-17(15)23-18/h1-6,8-9,14H,7,10H2/t14-/m1/s1. The molecule has 0 saturated carbocycles. The van der Waals surface area contributed by atoms with Gasteiger partial charge in [0.2, 0.25) is 5.89 Å². The van der Waals surface area contributed by atoms with Crippen LogP contribution >= 0.6 is 0 Å². The number of aryl methyl sites for hydroxylation is 1. The Bertz CT molecular complexity index is 845. The van der Waals surface area contributed by atoms with Crippen LogP contribution in [0.5, 0.6) is 0 Å². The van der Waals surface area contributed by atoms with Crippen molar-refractivity contribution in [2.75, 3.05) is 0 Å². The molecule has 0 bridgehead atoms. The maximum absolute atomic E-state index is 12.9. The van der Waals surface area contributed by atoms with E-state index in [1.807, 2.05) is 12.1 Å². The second kappa shape index (κ2) is 6.41. The fraction of sp³-hybridized carbons (Fsp3) is 0.167. The number of para-hydroxylation sites is 2. The Morgan fingerprint density at radius 1 is 1.22 bits per heavy atom. The van der Waals surface area contributed by atoms with Crippen molar-refractivity contribution in [3.8, 4) is 6.07 Å². The molecule has 0 fully saturated rings. The van der Waals surface area contributed by atoms with Gasteiger partial charge in [-0.15, -0.1) is 0 Å². The lowest BCUT2D eigenvalue weighted by atomic mass is 9.99. The van der Waals surface area contributed by atoms with Gasteiger partial charge in [0.25, 0.3) is 0 Å². The first-order chi connectivity index (χ1) is 11.2. The number of rotatable bonds is 5. The van der Waals surface area contributed by atoms with Crippen molar-refractivity contribution in [3.05, 3.63) is 65.8 Å². The van der Waals surface area contributed by atoms with Crippen LogP contribution in [-0.4, -0.2) is 10.8 Å². The molecule has 1 aromatic heterocycles. The summed E-state index contributed by atoms with van der Waals surface area (Å²) in [5, 5.41) is 9.29. The molecule has 2 aromatic carbocycles. The zero-order chi connectivity index (χ0) is 16.2. The maximum atomic E-state index is 12.9. The minimum absolute atomic E-state index is 0.123. The van der Waals surface area contributed by atoms with E-state index in [4.69, 9.17) is 4.42 Å². The minimum atomic E-state index is -1.03. The van der Waals surface area contributed by atoms with Crippen molar-refractivity contribution in [2.24, 2.45) is 0 Å². The van der Waals surface area contributed by atoms with E-state index in [-0.39, 0.29) is 23.9 Å².